The molecule has 0 unspecified atom stereocenters. The molecular formula is C14H18ClN5O. The molecule has 1 aromatic heterocycles. The summed E-state index contributed by atoms with van der Waals surface area (Å²) in [6, 6.07) is 3.55. The molecule has 7 heteroatoms. The van der Waals surface area contributed by atoms with E-state index in [4.69, 9.17) is 17.0 Å². The number of carbonyl (C=O) groups is 1. The number of nitrogens with one attached hydrogen (secondary N) is 2. The predicted octanol–water partition coefficient (Wildman–Crippen LogP) is 2.63. The Kier molecular flexibility index (Phi) is 5.27. The van der Waals surface area contributed by atoms with Crippen molar-refractivity contribution < 1.29 is 4.79 Å². The fourth-order valence-corrected chi connectivity index (χ4v) is 2.55. The zero-order valence-electron chi connectivity index (χ0n) is 11.8. The highest BCUT2D eigenvalue weighted by Gasteiger charge is 2.28. The van der Waals surface area contributed by atoms with Gasteiger partial charge < -0.3 is 10.3 Å². The van der Waals surface area contributed by atoms with Gasteiger partial charge in [-0.15, -0.1) is 0 Å². The van der Waals surface area contributed by atoms with Crippen molar-refractivity contribution in [2.45, 2.75) is 31.7 Å². The molecule has 1 saturated heterocycles. The lowest BCUT2D eigenvalue weighted by Crippen LogP contribution is -2.41. The van der Waals surface area contributed by atoms with Crippen molar-refractivity contribution in [2.75, 3.05) is 12.0 Å². The summed E-state index contributed by atoms with van der Waals surface area (Å²) in [7, 11) is 0. The number of aryl methyl sites for hydroxylation is 1. The number of likely N-dealkylation sites (tertiary alicyclic amines) is 1. The van der Waals surface area contributed by atoms with Crippen LogP contribution < -0.4 is 5.43 Å². The van der Waals surface area contributed by atoms with E-state index < -0.39 is 0 Å². The number of pyridine rings is 1. The summed E-state index contributed by atoms with van der Waals surface area (Å²) in [6.07, 6.45) is 5.13. The summed E-state index contributed by atoms with van der Waals surface area (Å²) in [4.78, 5) is 18.6. The van der Waals surface area contributed by atoms with E-state index in [-0.39, 0.29) is 11.4 Å². The van der Waals surface area contributed by atoms with Crippen LogP contribution in [0.5, 0.6) is 0 Å². The molecule has 6 nitrogen and oxygen atoms in total. The Morgan fingerprint density at radius 3 is 3.10 bits per heavy atom. The number of aromatic nitrogens is 1. The van der Waals surface area contributed by atoms with Crippen LogP contribution in [0.3, 0.4) is 0 Å². The number of alkyl halides is 1. The number of rotatable bonds is 4. The van der Waals surface area contributed by atoms with E-state index >= 15 is 0 Å². The van der Waals surface area contributed by atoms with Gasteiger partial charge in [-0.05, 0) is 38.3 Å². The molecule has 0 spiro atoms. The van der Waals surface area contributed by atoms with Gasteiger partial charge in [0.15, 0.2) is 5.69 Å². The Morgan fingerprint density at radius 2 is 2.38 bits per heavy atom. The fourth-order valence-electron chi connectivity index (χ4n) is 2.21. The summed E-state index contributed by atoms with van der Waals surface area (Å²) >= 11 is 6.24. The lowest BCUT2D eigenvalue weighted by atomic mass is 10.1. The van der Waals surface area contributed by atoms with Gasteiger partial charge in [-0.1, -0.05) is 11.6 Å². The minimum Gasteiger partial charge on any atom is -0.321 e. The lowest BCUT2D eigenvalue weighted by molar-refractivity contribution is 0.0687. The standard InChI is InChI=1S/C14H18ClN5O/c1-10-5-6-11(19-17-8-7-16)13(18-10)14(21)20-9-3-2-4-12(20)15/h5-8,12,16,19H,2-4,9H2,1H3/b16-7?,17-8-/t12-/m0/s1. The molecule has 0 bridgehead atoms. The quantitative estimate of drug-likeness (QED) is 0.388. The average Bonchev–Trinajstić information content (AvgIpc) is 2.49. The van der Waals surface area contributed by atoms with Gasteiger partial charge >= 0.3 is 0 Å². The largest absolute Gasteiger partial charge is 0.321 e. The van der Waals surface area contributed by atoms with Crippen molar-refractivity contribution in [3.63, 3.8) is 0 Å². The van der Waals surface area contributed by atoms with Crippen molar-refractivity contribution >= 4 is 35.6 Å². The maximum atomic E-state index is 12.7. The van der Waals surface area contributed by atoms with Gasteiger partial charge in [0.2, 0.25) is 0 Å². The van der Waals surface area contributed by atoms with Crippen molar-refractivity contribution in [3.05, 3.63) is 23.5 Å². The second-order valence-corrected chi connectivity index (χ2v) is 5.34. The van der Waals surface area contributed by atoms with E-state index in [0.717, 1.165) is 31.2 Å². The first-order valence-corrected chi connectivity index (χ1v) is 7.28. The molecule has 112 valence electrons. The second-order valence-electron chi connectivity index (χ2n) is 4.83. The minimum absolute atomic E-state index is 0.189. The lowest BCUT2D eigenvalue weighted by Gasteiger charge is -2.31. The van der Waals surface area contributed by atoms with Gasteiger partial charge in [0, 0.05) is 18.5 Å². The van der Waals surface area contributed by atoms with Crippen LogP contribution in [0.4, 0.5) is 5.69 Å². The summed E-state index contributed by atoms with van der Waals surface area (Å²) in [5.41, 5.74) is 4.03. The first kappa shape index (κ1) is 15.4. The first-order chi connectivity index (χ1) is 10.1. The molecule has 21 heavy (non-hydrogen) atoms. The minimum atomic E-state index is -0.286. The first-order valence-electron chi connectivity index (χ1n) is 6.84. The molecule has 1 atom stereocenters. The van der Waals surface area contributed by atoms with Crippen LogP contribution in [-0.4, -0.2) is 40.3 Å². The molecule has 1 aliphatic rings. The van der Waals surface area contributed by atoms with Crippen molar-refractivity contribution in [2.24, 2.45) is 5.10 Å². The number of halogens is 1. The molecular weight excluding hydrogens is 290 g/mol. The van der Waals surface area contributed by atoms with Gasteiger partial charge in [-0.3, -0.25) is 10.2 Å². The van der Waals surface area contributed by atoms with E-state index in [2.05, 4.69) is 15.5 Å². The molecule has 0 aliphatic carbocycles. The second kappa shape index (κ2) is 7.17. The van der Waals surface area contributed by atoms with Gasteiger partial charge in [-0.2, -0.15) is 5.10 Å². The van der Waals surface area contributed by atoms with Crippen LogP contribution in [0.25, 0.3) is 0 Å². The third-order valence-electron chi connectivity index (χ3n) is 3.26. The van der Waals surface area contributed by atoms with Crippen LogP contribution in [-0.2, 0) is 0 Å². The Hall–Kier alpha value is -1.95. The molecule has 0 saturated carbocycles. The zero-order valence-corrected chi connectivity index (χ0v) is 12.6. The van der Waals surface area contributed by atoms with E-state index in [1.807, 2.05) is 6.92 Å². The number of carbonyl (C=O) groups excluding carboxylic acids is 1. The Labute approximate surface area is 128 Å². The van der Waals surface area contributed by atoms with E-state index in [0.29, 0.717) is 17.9 Å². The van der Waals surface area contributed by atoms with Crippen molar-refractivity contribution in [1.82, 2.24) is 9.88 Å². The number of anilines is 1. The highest BCUT2D eigenvalue weighted by molar-refractivity contribution is 6.22. The molecule has 1 amide bonds. The van der Waals surface area contributed by atoms with Crippen LogP contribution in [0.1, 0.15) is 35.4 Å². The number of hydrogen-bond donors (Lipinski definition) is 2. The molecule has 1 aromatic rings. The van der Waals surface area contributed by atoms with E-state index in [9.17, 15) is 4.79 Å². The Morgan fingerprint density at radius 1 is 1.57 bits per heavy atom. The number of amides is 1. The third kappa shape index (κ3) is 3.78. The Bertz CT molecular complexity index is 560. The fraction of sp³-hybridized carbons (Fsp3) is 0.429. The third-order valence-corrected chi connectivity index (χ3v) is 3.72. The molecule has 2 N–H and O–H groups in total. The number of hydrogen-bond acceptors (Lipinski definition) is 5. The van der Waals surface area contributed by atoms with E-state index in [1.54, 1.807) is 17.0 Å². The van der Waals surface area contributed by atoms with Crippen molar-refractivity contribution in [3.8, 4) is 0 Å². The zero-order chi connectivity index (χ0) is 15.2. The molecule has 0 aromatic carbocycles. The summed E-state index contributed by atoms with van der Waals surface area (Å²) in [6.45, 7) is 2.47. The maximum Gasteiger partial charge on any atom is 0.275 e. The highest BCUT2D eigenvalue weighted by Crippen LogP contribution is 2.24. The van der Waals surface area contributed by atoms with Crippen LogP contribution in [0, 0.1) is 12.3 Å². The van der Waals surface area contributed by atoms with Gasteiger partial charge in [-0.25, -0.2) is 4.98 Å². The topological polar surface area (TPSA) is 81.4 Å². The molecule has 2 heterocycles. The normalized spacial score (nSPS) is 18.8. The van der Waals surface area contributed by atoms with Crippen LogP contribution in [0.2, 0.25) is 0 Å². The summed E-state index contributed by atoms with van der Waals surface area (Å²) in [5, 5.41) is 10.7. The molecule has 2 rings (SSSR count). The molecule has 1 fully saturated rings. The smallest absolute Gasteiger partial charge is 0.275 e. The van der Waals surface area contributed by atoms with Crippen molar-refractivity contribution in [1.29, 1.82) is 5.41 Å². The average molecular weight is 308 g/mol. The number of hydrazone groups is 1. The maximum absolute atomic E-state index is 12.7. The monoisotopic (exact) mass is 307 g/mol. The number of nitrogens with zero attached hydrogens (tertiary/aromatic N) is 3. The van der Waals surface area contributed by atoms with Gasteiger partial charge in [0.05, 0.1) is 11.9 Å². The van der Waals surface area contributed by atoms with Crippen LogP contribution in [0.15, 0.2) is 17.2 Å². The summed E-state index contributed by atoms with van der Waals surface area (Å²) in [5.74, 6) is -0.189. The SMILES string of the molecule is Cc1ccc(N/N=C\C=N)c(C(=O)N2CCCC[C@H]2Cl)n1. The molecule has 0 radical (unpaired) electrons. The van der Waals surface area contributed by atoms with Crippen LogP contribution >= 0.6 is 11.6 Å². The molecule has 1 aliphatic heterocycles. The highest BCUT2D eigenvalue weighted by atomic mass is 35.5. The summed E-state index contributed by atoms with van der Waals surface area (Å²) < 4.78 is 0. The van der Waals surface area contributed by atoms with Gasteiger partial charge in [0.1, 0.15) is 5.50 Å². The predicted molar refractivity (Wildman–Crippen MR) is 84.4 cm³/mol. The Balaban J connectivity index is 2.27. The van der Waals surface area contributed by atoms with E-state index in [1.165, 1.54) is 6.21 Å². The van der Waals surface area contributed by atoms with Gasteiger partial charge in [0.25, 0.3) is 5.91 Å². The number of piperidine rings is 1.